The van der Waals surface area contributed by atoms with Gasteiger partial charge in [0.15, 0.2) is 6.29 Å². The smallest absolute Gasteiger partial charge is 0.166 e. The fourth-order valence-electron chi connectivity index (χ4n) is 3.07. The fourth-order valence-corrected chi connectivity index (χ4v) is 3.07. The number of ether oxygens (including phenoxy) is 3. The van der Waals surface area contributed by atoms with Crippen molar-refractivity contribution in [1.29, 1.82) is 0 Å². The van der Waals surface area contributed by atoms with E-state index in [0.29, 0.717) is 6.61 Å². The highest BCUT2D eigenvalue weighted by Crippen LogP contribution is 2.26. The third kappa shape index (κ3) is 5.30. The van der Waals surface area contributed by atoms with Crippen molar-refractivity contribution >= 4 is 0 Å². The molecule has 0 bridgehead atoms. The molecule has 28 heavy (non-hydrogen) atoms. The number of hydrogen-bond acceptors (Lipinski definition) is 6. The first-order valence-electron chi connectivity index (χ1n) is 9.02. The lowest BCUT2D eigenvalue weighted by atomic mass is 9.97. The summed E-state index contributed by atoms with van der Waals surface area (Å²) in [7, 11) is 0. The molecule has 0 radical (unpaired) electrons. The average Bonchev–Trinajstić information content (AvgIpc) is 2.73. The van der Waals surface area contributed by atoms with Crippen molar-refractivity contribution < 1.29 is 24.4 Å². The van der Waals surface area contributed by atoms with Gasteiger partial charge in [-0.3, -0.25) is 0 Å². The van der Waals surface area contributed by atoms with Gasteiger partial charge in [0, 0.05) is 4.91 Å². The molecule has 0 aromatic heterocycles. The molecule has 1 saturated heterocycles. The molecule has 5 atom stereocenters. The van der Waals surface area contributed by atoms with Crippen molar-refractivity contribution in [1.82, 2.24) is 0 Å². The summed E-state index contributed by atoms with van der Waals surface area (Å²) < 4.78 is 16.9. The lowest BCUT2D eigenvalue weighted by molar-refractivity contribution is -0.262. The normalized spacial score (nSPS) is 27.1. The van der Waals surface area contributed by atoms with Crippen molar-refractivity contribution in [2.45, 2.75) is 43.9 Å². The van der Waals surface area contributed by atoms with Crippen LogP contribution in [0.3, 0.4) is 0 Å². The molecule has 8 nitrogen and oxygen atoms in total. The Morgan fingerprint density at radius 2 is 1.57 bits per heavy atom. The highest BCUT2D eigenvalue weighted by Gasteiger charge is 2.45. The minimum absolute atomic E-state index is 0.0569. The molecule has 1 aliphatic heterocycles. The van der Waals surface area contributed by atoms with E-state index in [0.717, 1.165) is 11.1 Å². The number of nitrogens with zero attached hydrogens (tertiary/aromatic N) is 3. The van der Waals surface area contributed by atoms with E-state index in [9.17, 15) is 10.2 Å². The third-order valence-corrected chi connectivity index (χ3v) is 4.52. The Labute approximate surface area is 162 Å². The second kappa shape index (κ2) is 10.2. The van der Waals surface area contributed by atoms with Gasteiger partial charge >= 0.3 is 0 Å². The van der Waals surface area contributed by atoms with Gasteiger partial charge in [-0.2, -0.15) is 0 Å². The minimum Gasteiger partial charge on any atom is -0.388 e. The van der Waals surface area contributed by atoms with E-state index >= 15 is 0 Å². The zero-order valence-corrected chi connectivity index (χ0v) is 15.2. The van der Waals surface area contributed by atoms with Gasteiger partial charge in [-0.1, -0.05) is 65.8 Å². The van der Waals surface area contributed by atoms with Crippen LogP contribution in [0.5, 0.6) is 0 Å². The van der Waals surface area contributed by atoms with Gasteiger partial charge in [-0.25, -0.2) is 0 Å². The summed E-state index contributed by atoms with van der Waals surface area (Å²) in [5, 5.41) is 24.5. The Morgan fingerprint density at radius 1 is 0.964 bits per heavy atom. The van der Waals surface area contributed by atoms with Crippen LogP contribution in [0.25, 0.3) is 10.4 Å². The summed E-state index contributed by atoms with van der Waals surface area (Å²) in [6.07, 6.45) is -4.27. The summed E-state index contributed by atoms with van der Waals surface area (Å²) in [5.41, 5.74) is 10.7. The SMILES string of the molecule is [N-]=[N+]=N[C@@H]1[C@@H](OCc2ccccc2)[C@H](O)[C@@H](COCc2ccccc2)O[C@H]1O. The Kier molecular flexibility index (Phi) is 7.39. The summed E-state index contributed by atoms with van der Waals surface area (Å²) in [5.74, 6) is 0. The largest absolute Gasteiger partial charge is 0.388 e. The molecule has 8 heteroatoms. The molecule has 0 saturated carbocycles. The molecule has 2 aromatic rings. The van der Waals surface area contributed by atoms with E-state index in [2.05, 4.69) is 10.0 Å². The van der Waals surface area contributed by atoms with Gasteiger partial charge in [0.1, 0.15) is 18.2 Å². The standard InChI is InChI=1S/C20H23N3O5/c21-23-22-17-19(27-12-15-9-5-2-6-10-15)18(24)16(28-20(17)25)13-26-11-14-7-3-1-4-8-14/h1-10,16-20,24-25H,11-13H2/t16-,17-,18-,19-,20-/m1/s1. The summed E-state index contributed by atoms with van der Waals surface area (Å²) in [4.78, 5) is 2.74. The van der Waals surface area contributed by atoms with Crippen molar-refractivity contribution in [3.05, 3.63) is 82.2 Å². The average molecular weight is 385 g/mol. The van der Waals surface area contributed by atoms with Crippen LogP contribution in [-0.2, 0) is 27.4 Å². The number of aliphatic hydroxyl groups is 2. The molecule has 148 valence electrons. The third-order valence-electron chi connectivity index (χ3n) is 4.52. The zero-order valence-electron chi connectivity index (χ0n) is 15.2. The number of hydrogen-bond donors (Lipinski definition) is 2. The summed E-state index contributed by atoms with van der Waals surface area (Å²) in [6.45, 7) is 0.602. The molecule has 2 aromatic carbocycles. The predicted molar refractivity (Wildman–Crippen MR) is 101 cm³/mol. The van der Waals surface area contributed by atoms with Gasteiger partial charge in [0.25, 0.3) is 0 Å². The van der Waals surface area contributed by atoms with Gasteiger partial charge in [0.05, 0.1) is 25.9 Å². The van der Waals surface area contributed by atoms with E-state index in [1.54, 1.807) is 0 Å². The molecule has 1 heterocycles. The van der Waals surface area contributed by atoms with Crippen LogP contribution in [-0.4, -0.2) is 47.5 Å². The quantitative estimate of drug-likeness (QED) is 0.411. The van der Waals surface area contributed by atoms with Crippen molar-refractivity contribution in [2.24, 2.45) is 5.11 Å². The van der Waals surface area contributed by atoms with Crippen LogP contribution >= 0.6 is 0 Å². The Bertz CT molecular complexity index is 770. The number of aliphatic hydroxyl groups excluding tert-OH is 2. The van der Waals surface area contributed by atoms with E-state index in [1.165, 1.54) is 0 Å². The van der Waals surface area contributed by atoms with Crippen LogP contribution in [0.15, 0.2) is 65.8 Å². The molecule has 3 rings (SSSR count). The fraction of sp³-hybridized carbons (Fsp3) is 0.400. The number of azide groups is 1. The molecule has 0 amide bonds. The Morgan fingerprint density at radius 3 is 2.18 bits per heavy atom. The topological polar surface area (TPSA) is 117 Å². The van der Waals surface area contributed by atoms with E-state index in [-0.39, 0.29) is 13.2 Å². The monoisotopic (exact) mass is 385 g/mol. The molecule has 1 fully saturated rings. The molecule has 2 N–H and O–H groups in total. The van der Waals surface area contributed by atoms with Crippen LogP contribution in [0.4, 0.5) is 0 Å². The Balaban J connectivity index is 1.63. The van der Waals surface area contributed by atoms with Gasteiger partial charge in [0.2, 0.25) is 0 Å². The first kappa shape index (κ1) is 20.3. The predicted octanol–water partition coefficient (Wildman–Crippen LogP) is 2.55. The minimum atomic E-state index is -1.40. The summed E-state index contributed by atoms with van der Waals surface area (Å²) >= 11 is 0. The van der Waals surface area contributed by atoms with E-state index in [4.69, 9.17) is 19.7 Å². The lowest BCUT2D eigenvalue weighted by Crippen LogP contribution is -2.58. The van der Waals surface area contributed by atoms with Crippen molar-refractivity contribution in [3.63, 3.8) is 0 Å². The number of rotatable bonds is 8. The maximum Gasteiger partial charge on any atom is 0.166 e. The maximum absolute atomic E-state index is 10.7. The summed E-state index contributed by atoms with van der Waals surface area (Å²) in [6, 6.07) is 17.9. The zero-order chi connectivity index (χ0) is 19.8. The van der Waals surface area contributed by atoms with Crippen LogP contribution in [0, 0.1) is 0 Å². The molecule has 0 unspecified atom stereocenters. The molecule has 0 spiro atoms. The van der Waals surface area contributed by atoms with E-state index < -0.39 is 30.6 Å². The van der Waals surface area contributed by atoms with Crippen LogP contribution < -0.4 is 0 Å². The second-order valence-corrected chi connectivity index (χ2v) is 6.51. The van der Waals surface area contributed by atoms with Gasteiger partial charge in [-0.05, 0) is 16.7 Å². The van der Waals surface area contributed by atoms with Crippen molar-refractivity contribution in [3.8, 4) is 0 Å². The highest BCUT2D eigenvalue weighted by atomic mass is 16.6. The molecular weight excluding hydrogens is 362 g/mol. The molecule has 1 aliphatic rings. The first-order valence-corrected chi connectivity index (χ1v) is 9.02. The van der Waals surface area contributed by atoms with Crippen molar-refractivity contribution in [2.75, 3.05) is 6.61 Å². The van der Waals surface area contributed by atoms with Crippen LogP contribution in [0.1, 0.15) is 11.1 Å². The van der Waals surface area contributed by atoms with Crippen LogP contribution in [0.2, 0.25) is 0 Å². The Hall–Kier alpha value is -2.45. The lowest BCUT2D eigenvalue weighted by Gasteiger charge is -2.41. The second-order valence-electron chi connectivity index (χ2n) is 6.51. The molecular formula is C20H23N3O5. The molecule has 0 aliphatic carbocycles. The van der Waals surface area contributed by atoms with Gasteiger partial charge < -0.3 is 24.4 Å². The maximum atomic E-state index is 10.7. The van der Waals surface area contributed by atoms with E-state index in [1.807, 2.05) is 60.7 Å². The van der Waals surface area contributed by atoms with Gasteiger partial charge in [-0.15, -0.1) is 0 Å². The number of benzene rings is 2. The highest BCUT2D eigenvalue weighted by molar-refractivity contribution is 5.14. The first-order chi connectivity index (χ1) is 13.7.